The van der Waals surface area contributed by atoms with Crippen molar-refractivity contribution in [1.29, 1.82) is 0 Å². The quantitative estimate of drug-likeness (QED) is 0.821. The Morgan fingerprint density at radius 1 is 1.37 bits per heavy atom. The molecule has 4 nitrogen and oxygen atoms in total. The fraction of sp³-hybridized carbons (Fsp3) is 0.385. The second-order valence-corrected chi connectivity index (χ2v) is 5.52. The minimum atomic E-state index is -0.333. The lowest BCUT2D eigenvalue weighted by molar-refractivity contribution is -0.139. The number of halogens is 1. The van der Waals surface area contributed by atoms with Crippen molar-refractivity contribution < 1.29 is 14.3 Å². The SMILES string of the molecule is CCOC(=O)CS[C@@H](C)C(=O)Nc1ccc(Cl)cc1. The Morgan fingerprint density at radius 3 is 2.58 bits per heavy atom. The summed E-state index contributed by atoms with van der Waals surface area (Å²) in [4.78, 5) is 23.0. The number of benzene rings is 1. The van der Waals surface area contributed by atoms with Gasteiger partial charge in [-0.05, 0) is 38.1 Å². The third-order valence-electron chi connectivity index (χ3n) is 2.24. The highest BCUT2D eigenvalue weighted by Crippen LogP contribution is 2.16. The maximum absolute atomic E-state index is 11.9. The van der Waals surface area contributed by atoms with Crippen LogP contribution >= 0.6 is 23.4 Å². The van der Waals surface area contributed by atoms with Gasteiger partial charge in [0.15, 0.2) is 0 Å². The van der Waals surface area contributed by atoms with Crippen LogP contribution in [0.25, 0.3) is 0 Å². The van der Waals surface area contributed by atoms with Crippen LogP contribution in [0.1, 0.15) is 13.8 Å². The van der Waals surface area contributed by atoms with Crippen LogP contribution in [0.15, 0.2) is 24.3 Å². The smallest absolute Gasteiger partial charge is 0.315 e. The summed E-state index contributed by atoms with van der Waals surface area (Å²) in [5, 5.41) is 3.03. The zero-order chi connectivity index (χ0) is 14.3. The summed E-state index contributed by atoms with van der Waals surface area (Å²) in [6.45, 7) is 3.85. The van der Waals surface area contributed by atoms with Crippen LogP contribution in [-0.2, 0) is 14.3 Å². The van der Waals surface area contributed by atoms with E-state index in [0.717, 1.165) is 0 Å². The third-order valence-corrected chi connectivity index (χ3v) is 3.61. The molecule has 1 atom stereocenters. The molecule has 0 aliphatic carbocycles. The molecule has 0 aliphatic rings. The largest absolute Gasteiger partial charge is 0.465 e. The number of esters is 1. The van der Waals surface area contributed by atoms with Gasteiger partial charge < -0.3 is 10.1 Å². The van der Waals surface area contributed by atoms with Gasteiger partial charge in [-0.15, -0.1) is 11.8 Å². The van der Waals surface area contributed by atoms with Gasteiger partial charge >= 0.3 is 5.97 Å². The highest BCUT2D eigenvalue weighted by Gasteiger charge is 2.15. The van der Waals surface area contributed by atoms with E-state index in [1.54, 1.807) is 38.1 Å². The van der Waals surface area contributed by atoms with Gasteiger partial charge in [0.2, 0.25) is 5.91 Å². The molecule has 0 aliphatic heterocycles. The van der Waals surface area contributed by atoms with E-state index < -0.39 is 0 Å². The molecular weight excluding hydrogens is 286 g/mol. The van der Waals surface area contributed by atoms with Crippen molar-refractivity contribution in [2.24, 2.45) is 0 Å². The number of ether oxygens (including phenoxy) is 1. The van der Waals surface area contributed by atoms with E-state index in [1.165, 1.54) is 11.8 Å². The maximum atomic E-state index is 11.9. The molecule has 1 N–H and O–H groups in total. The van der Waals surface area contributed by atoms with E-state index in [0.29, 0.717) is 17.3 Å². The Hall–Kier alpha value is -1.20. The number of amides is 1. The maximum Gasteiger partial charge on any atom is 0.315 e. The average Bonchev–Trinajstić information content (AvgIpc) is 2.39. The average molecular weight is 302 g/mol. The minimum Gasteiger partial charge on any atom is -0.465 e. The van der Waals surface area contributed by atoms with Gasteiger partial charge in [-0.2, -0.15) is 0 Å². The summed E-state index contributed by atoms with van der Waals surface area (Å²) in [6.07, 6.45) is 0. The molecule has 1 aromatic rings. The van der Waals surface area contributed by atoms with Crippen molar-refractivity contribution in [1.82, 2.24) is 0 Å². The Balaban J connectivity index is 2.40. The fourth-order valence-corrected chi connectivity index (χ4v) is 2.05. The van der Waals surface area contributed by atoms with E-state index in [4.69, 9.17) is 16.3 Å². The van der Waals surface area contributed by atoms with Crippen LogP contribution < -0.4 is 5.32 Å². The van der Waals surface area contributed by atoms with Crippen LogP contribution in [0.5, 0.6) is 0 Å². The van der Waals surface area contributed by atoms with E-state index in [1.807, 2.05) is 0 Å². The number of anilines is 1. The number of nitrogens with one attached hydrogen (secondary N) is 1. The highest BCUT2D eigenvalue weighted by molar-refractivity contribution is 8.01. The topological polar surface area (TPSA) is 55.4 Å². The number of hydrogen-bond donors (Lipinski definition) is 1. The normalized spacial score (nSPS) is 11.7. The molecule has 19 heavy (non-hydrogen) atoms. The van der Waals surface area contributed by atoms with Crippen LogP contribution in [0.2, 0.25) is 5.02 Å². The van der Waals surface area contributed by atoms with Gasteiger partial charge in [0.05, 0.1) is 17.6 Å². The van der Waals surface area contributed by atoms with E-state index in [2.05, 4.69) is 5.32 Å². The van der Waals surface area contributed by atoms with Crippen molar-refractivity contribution in [2.45, 2.75) is 19.1 Å². The van der Waals surface area contributed by atoms with E-state index in [-0.39, 0.29) is 22.9 Å². The Labute approximate surface area is 121 Å². The first-order valence-electron chi connectivity index (χ1n) is 5.86. The first-order chi connectivity index (χ1) is 9.02. The first-order valence-corrected chi connectivity index (χ1v) is 7.29. The van der Waals surface area contributed by atoms with E-state index >= 15 is 0 Å². The second kappa shape index (κ2) is 8.07. The molecule has 0 heterocycles. The van der Waals surface area contributed by atoms with Gasteiger partial charge in [-0.25, -0.2) is 0 Å². The minimum absolute atomic E-state index is 0.156. The molecule has 104 valence electrons. The predicted molar refractivity (Wildman–Crippen MR) is 78.6 cm³/mol. The number of rotatable bonds is 6. The molecule has 0 saturated heterocycles. The highest BCUT2D eigenvalue weighted by atomic mass is 35.5. The molecule has 0 aromatic heterocycles. The summed E-state index contributed by atoms with van der Waals surface area (Å²) in [6, 6.07) is 6.85. The lowest BCUT2D eigenvalue weighted by Gasteiger charge is -2.11. The molecule has 0 saturated carbocycles. The van der Waals surface area contributed by atoms with Crippen molar-refractivity contribution in [3.8, 4) is 0 Å². The first kappa shape index (κ1) is 15.9. The molecule has 1 amide bonds. The molecule has 0 unspecified atom stereocenters. The molecule has 0 bridgehead atoms. The Morgan fingerprint density at radius 2 is 2.00 bits per heavy atom. The fourth-order valence-electron chi connectivity index (χ4n) is 1.25. The molecule has 0 spiro atoms. The Kier molecular flexibility index (Phi) is 6.73. The molecule has 6 heteroatoms. The summed E-state index contributed by atoms with van der Waals surface area (Å²) in [5.74, 6) is -0.293. The summed E-state index contributed by atoms with van der Waals surface area (Å²) >= 11 is 7.00. The summed E-state index contributed by atoms with van der Waals surface area (Å²) in [5.41, 5.74) is 0.679. The van der Waals surface area contributed by atoms with Gasteiger partial charge in [0, 0.05) is 10.7 Å². The summed E-state index contributed by atoms with van der Waals surface area (Å²) < 4.78 is 4.80. The third kappa shape index (κ3) is 5.98. The van der Waals surface area contributed by atoms with Crippen LogP contribution in [-0.4, -0.2) is 29.5 Å². The molecule has 0 fully saturated rings. The number of hydrogen-bond acceptors (Lipinski definition) is 4. The monoisotopic (exact) mass is 301 g/mol. The van der Waals surface area contributed by atoms with Crippen LogP contribution in [0, 0.1) is 0 Å². The van der Waals surface area contributed by atoms with Crippen molar-refractivity contribution in [3.05, 3.63) is 29.3 Å². The van der Waals surface area contributed by atoms with E-state index in [9.17, 15) is 9.59 Å². The van der Waals surface area contributed by atoms with Crippen LogP contribution in [0.3, 0.4) is 0 Å². The molecular formula is C13H16ClNO3S. The number of carbonyl (C=O) groups is 2. The van der Waals surface area contributed by atoms with Gasteiger partial charge in [-0.1, -0.05) is 11.6 Å². The second-order valence-electron chi connectivity index (χ2n) is 3.75. The van der Waals surface area contributed by atoms with Gasteiger partial charge in [0.25, 0.3) is 0 Å². The lowest BCUT2D eigenvalue weighted by Crippen LogP contribution is -2.24. The Bertz CT molecular complexity index is 436. The zero-order valence-corrected chi connectivity index (χ0v) is 12.4. The van der Waals surface area contributed by atoms with Crippen molar-refractivity contribution >= 4 is 40.9 Å². The lowest BCUT2D eigenvalue weighted by atomic mass is 10.3. The summed E-state index contributed by atoms with van der Waals surface area (Å²) in [7, 11) is 0. The molecule has 0 radical (unpaired) electrons. The standard InChI is InChI=1S/C13H16ClNO3S/c1-3-18-12(16)8-19-9(2)13(17)15-11-6-4-10(14)5-7-11/h4-7,9H,3,8H2,1-2H3,(H,15,17)/t9-/m0/s1. The van der Waals surface area contributed by atoms with Crippen LogP contribution in [0.4, 0.5) is 5.69 Å². The predicted octanol–water partition coefficient (Wildman–Crippen LogP) is 2.96. The zero-order valence-electron chi connectivity index (χ0n) is 10.8. The number of thioether (sulfide) groups is 1. The molecule has 1 rings (SSSR count). The van der Waals surface area contributed by atoms with Gasteiger partial charge in [0.1, 0.15) is 0 Å². The molecule has 1 aromatic carbocycles. The number of carbonyl (C=O) groups excluding carboxylic acids is 2. The van der Waals surface area contributed by atoms with Crippen molar-refractivity contribution in [3.63, 3.8) is 0 Å². The van der Waals surface area contributed by atoms with Crippen molar-refractivity contribution in [2.75, 3.05) is 17.7 Å². The van der Waals surface area contributed by atoms with Gasteiger partial charge in [-0.3, -0.25) is 9.59 Å².